The van der Waals surface area contributed by atoms with Gasteiger partial charge in [0.25, 0.3) is 5.91 Å². The maximum Gasteiger partial charge on any atom is 0.255 e. The Morgan fingerprint density at radius 1 is 1.03 bits per heavy atom. The fraction of sp³-hybridized carbons (Fsp3) is 0.318. The largest absolute Gasteiger partial charge is 0.326 e. The summed E-state index contributed by atoms with van der Waals surface area (Å²) in [5, 5.41) is 6.46. The zero-order valence-electron chi connectivity index (χ0n) is 18.3. The molecule has 0 bridgehead atoms. The second-order valence-electron chi connectivity index (χ2n) is 8.13. The molecule has 0 aliphatic heterocycles. The Balaban J connectivity index is 1.95. The van der Waals surface area contributed by atoms with Crippen molar-refractivity contribution in [3.05, 3.63) is 59.7 Å². The van der Waals surface area contributed by atoms with Crippen LogP contribution in [-0.4, -0.2) is 44.3 Å². The molecule has 0 saturated heterocycles. The average molecular weight is 445 g/mol. The van der Waals surface area contributed by atoms with Gasteiger partial charge in [-0.05, 0) is 40.8 Å². The molecule has 166 valence electrons. The van der Waals surface area contributed by atoms with Crippen LogP contribution in [0.15, 0.2) is 58.5 Å². The van der Waals surface area contributed by atoms with Gasteiger partial charge in [-0.1, -0.05) is 45.0 Å². The number of hydrogen-bond acceptors (Lipinski definition) is 5. The van der Waals surface area contributed by atoms with Gasteiger partial charge in [-0.25, -0.2) is 13.8 Å². The Morgan fingerprint density at radius 3 is 2.13 bits per heavy atom. The number of nitrogens with zero attached hydrogens (tertiary/aromatic N) is 2. The van der Waals surface area contributed by atoms with E-state index in [0.717, 1.165) is 9.87 Å². The van der Waals surface area contributed by atoms with Gasteiger partial charge in [0, 0.05) is 19.7 Å². The first kappa shape index (κ1) is 24.2. The van der Waals surface area contributed by atoms with E-state index in [1.807, 2.05) is 24.3 Å². The van der Waals surface area contributed by atoms with Crippen molar-refractivity contribution in [3.63, 3.8) is 0 Å². The summed E-state index contributed by atoms with van der Waals surface area (Å²) in [7, 11) is -2.56. The summed E-state index contributed by atoms with van der Waals surface area (Å²) in [4.78, 5) is 23.2. The standard InChI is InChI=1S/C22H28N4O4S/c1-16(27)24-19-10-12-20(13-11-19)31(29,30)26(5)15-21(28)25-23-14-17-6-8-18(9-7-17)22(2,3)4/h6-14H,15H2,1-5H3,(H,24,27)(H,25,28)/b23-14+. The molecule has 0 atom stereocenters. The molecular weight excluding hydrogens is 416 g/mol. The number of carbonyl (C=O) groups is 2. The zero-order valence-corrected chi connectivity index (χ0v) is 19.2. The normalized spacial score (nSPS) is 12.2. The number of amides is 2. The first-order valence-electron chi connectivity index (χ1n) is 9.66. The first-order valence-corrected chi connectivity index (χ1v) is 11.1. The summed E-state index contributed by atoms with van der Waals surface area (Å²) in [5.74, 6) is -0.821. The van der Waals surface area contributed by atoms with Gasteiger partial charge in [-0.15, -0.1) is 0 Å². The molecular formula is C22H28N4O4S. The minimum Gasteiger partial charge on any atom is -0.326 e. The lowest BCUT2D eigenvalue weighted by Crippen LogP contribution is -2.36. The average Bonchev–Trinajstić information content (AvgIpc) is 2.67. The van der Waals surface area contributed by atoms with Gasteiger partial charge in [0.1, 0.15) is 0 Å². The van der Waals surface area contributed by atoms with E-state index in [1.165, 1.54) is 50.0 Å². The molecule has 8 nitrogen and oxygen atoms in total. The number of hydrogen-bond donors (Lipinski definition) is 2. The minimum absolute atomic E-state index is 0.0133. The fourth-order valence-electron chi connectivity index (χ4n) is 2.66. The van der Waals surface area contributed by atoms with Gasteiger partial charge in [0.2, 0.25) is 15.9 Å². The van der Waals surface area contributed by atoms with Crippen molar-refractivity contribution < 1.29 is 18.0 Å². The van der Waals surface area contributed by atoms with E-state index < -0.39 is 22.5 Å². The number of anilines is 1. The molecule has 2 aromatic carbocycles. The molecule has 0 aromatic heterocycles. The summed E-state index contributed by atoms with van der Waals surface area (Å²) in [6, 6.07) is 13.5. The first-order chi connectivity index (χ1) is 14.4. The highest BCUT2D eigenvalue weighted by atomic mass is 32.2. The van der Waals surface area contributed by atoms with E-state index in [0.29, 0.717) is 5.69 Å². The zero-order chi connectivity index (χ0) is 23.2. The Morgan fingerprint density at radius 2 is 1.61 bits per heavy atom. The SMILES string of the molecule is CC(=O)Nc1ccc(S(=O)(=O)N(C)CC(=O)N/N=C/c2ccc(C(C)(C)C)cc2)cc1. The van der Waals surface area contributed by atoms with E-state index in [4.69, 9.17) is 0 Å². The van der Waals surface area contributed by atoms with Crippen molar-refractivity contribution in [2.24, 2.45) is 5.10 Å². The summed E-state index contributed by atoms with van der Waals surface area (Å²) < 4.78 is 26.2. The maximum absolute atomic E-state index is 12.6. The van der Waals surface area contributed by atoms with Crippen molar-refractivity contribution in [2.75, 3.05) is 18.9 Å². The Kier molecular flexibility index (Phi) is 7.70. The Labute approximate surface area is 183 Å². The fourth-order valence-corrected chi connectivity index (χ4v) is 3.79. The quantitative estimate of drug-likeness (QED) is 0.506. The smallest absolute Gasteiger partial charge is 0.255 e. The topological polar surface area (TPSA) is 108 Å². The van der Waals surface area contributed by atoms with E-state index in [-0.39, 0.29) is 16.2 Å². The van der Waals surface area contributed by atoms with Crippen LogP contribution in [0.5, 0.6) is 0 Å². The van der Waals surface area contributed by atoms with Crippen molar-refractivity contribution in [1.29, 1.82) is 0 Å². The number of likely N-dealkylation sites (N-methyl/N-ethyl adjacent to an activating group) is 1. The van der Waals surface area contributed by atoms with E-state index >= 15 is 0 Å². The summed E-state index contributed by atoms with van der Waals surface area (Å²) in [6.07, 6.45) is 1.50. The lowest BCUT2D eigenvalue weighted by molar-refractivity contribution is -0.121. The van der Waals surface area contributed by atoms with Crippen molar-refractivity contribution in [3.8, 4) is 0 Å². The third kappa shape index (κ3) is 7.01. The highest BCUT2D eigenvalue weighted by Gasteiger charge is 2.22. The highest BCUT2D eigenvalue weighted by Crippen LogP contribution is 2.21. The molecule has 0 spiro atoms. The molecule has 31 heavy (non-hydrogen) atoms. The van der Waals surface area contributed by atoms with Gasteiger partial charge in [-0.2, -0.15) is 9.41 Å². The van der Waals surface area contributed by atoms with Gasteiger partial charge in [-0.3, -0.25) is 9.59 Å². The van der Waals surface area contributed by atoms with E-state index in [2.05, 4.69) is 36.6 Å². The highest BCUT2D eigenvalue weighted by molar-refractivity contribution is 7.89. The molecule has 0 saturated carbocycles. The van der Waals surface area contributed by atoms with Gasteiger partial charge < -0.3 is 5.32 Å². The van der Waals surface area contributed by atoms with Crippen LogP contribution >= 0.6 is 0 Å². The van der Waals surface area contributed by atoms with Gasteiger partial charge in [0.15, 0.2) is 0 Å². The van der Waals surface area contributed by atoms with Crippen LogP contribution in [0, 0.1) is 0 Å². The molecule has 0 fully saturated rings. The summed E-state index contributed by atoms with van der Waals surface area (Å²) in [5.41, 5.74) is 4.87. The lowest BCUT2D eigenvalue weighted by Gasteiger charge is -2.18. The molecule has 2 aromatic rings. The molecule has 0 unspecified atom stereocenters. The summed E-state index contributed by atoms with van der Waals surface area (Å²) in [6.45, 7) is 7.34. The van der Waals surface area contributed by atoms with Crippen molar-refractivity contribution in [1.82, 2.24) is 9.73 Å². The van der Waals surface area contributed by atoms with Crippen LogP contribution in [0.3, 0.4) is 0 Å². The van der Waals surface area contributed by atoms with Gasteiger partial charge in [0.05, 0.1) is 17.7 Å². The molecule has 9 heteroatoms. The van der Waals surface area contributed by atoms with Crippen LogP contribution in [-0.2, 0) is 25.0 Å². The Hall–Kier alpha value is -3.04. The number of hydrazone groups is 1. The molecule has 2 N–H and O–H groups in total. The molecule has 0 aliphatic carbocycles. The van der Waals surface area contributed by atoms with Crippen molar-refractivity contribution >= 4 is 33.7 Å². The molecule has 0 heterocycles. The monoisotopic (exact) mass is 444 g/mol. The maximum atomic E-state index is 12.6. The van der Waals surface area contributed by atoms with Crippen LogP contribution in [0.1, 0.15) is 38.8 Å². The second-order valence-corrected chi connectivity index (χ2v) is 10.2. The molecule has 2 rings (SSSR count). The third-order valence-corrected chi connectivity index (χ3v) is 6.25. The molecule has 0 radical (unpaired) electrons. The van der Waals surface area contributed by atoms with E-state index in [1.54, 1.807) is 0 Å². The van der Waals surface area contributed by atoms with E-state index in [9.17, 15) is 18.0 Å². The summed E-state index contributed by atoms with van der Waals surface area (Å²) >= 11 is 0. The lowest BCUT2D eigenvalue weighted by atomic mass is 9.87. The number of sulfonamides is 1. The second kappa shape index (κ2) is 9.84. The van der Waals surface area contributed by atoms with Crippen LogP contribution in [0.2, 0.25) is 0 Å². The van der Waals surface area contributed by atoms with Crippen LogP contribution in [0.4, 0.5) is 5.69 Å². The Bertz CT molecular complexity index is 1050. The number of benzene rings is 2. The predicted molar refractivity (Wildman–Crippen MR) is 121 cm³/mol. The predicted octanol–water partition coefficient (Wildman–Crippen LogP) is 2.71. The number of carbonyl (C=O) groups excluding carboxylic acids is 2. The molecule has 2 amide bonds. The van der Waals surface area contributed by atoms with Crippen LogP contribution < -0.4 is 10.7 Å². The minimum atomic E-state index is -3.87. The third-order valence-electron chi connectivity index (χ3n) is 4.43. The number of rotatable bonds is 7. The number of nitrogens with one attached hydrogen (secondary N) is 2. The molecule has 0 aliphatic rings. The van der Waals surface area contributed by atoms with Crippen molar-refractivity contribution in [2.45, 2.75) is 38.0 Å². The van der Waals surface area contributed by atoms with Crippen LogP contribution in [0.25, 0.3) is 0 Å². The van der Waals surface area contributed by atoms with Gasteiger partial charge >= 0.3 is 0 Å².